The standard InChI is InChI=1S/C21H19BrN2O6S/c1-3-28-21(27)16-11(2)17(18(23)25)31-20(16)24-19(26)15-9-8-12(30-15)10-29-14-7-5-4-6-13(14)22/h4-9H,3,10H2,1-2H3,(H2,23,25)(H,24,26). The number of esters is 1. The molecule has 0 atom stereocenters. The van der Waals surface area contributed by atoms with Crippen molar-refractivity contribution in [3.63, 3.8) is 0 Å². The zero-order valence-electron chi connectivity index (χ0n) is 16.7. The Bertz CT molecular complexity index is 1140. The first-order chi connectivity index (χ1) is 14.8. The van der Waals surface area contributed by atoms with Crippen LogP contribution in [0.3, 0.4) is 0 Å². The molecule has 2 aromatic heterocycles. The van der Waals surface area contributed by atoms with Crippen LogP contribution in [0.2, 0.25) is 0 Å². The first-order valence-corrected chi connectivity index (χ1v) is 10.8. The number of nitrogens with two attached hydrogens (primary N) is 1. The minimum atomic E-state index is -0.696. The van der Waals surface area contributed by atoms with Crippen molar-refractivity contribution in [3.8, 4) is 5.75 Å². The lowest BCUT2D eigenvalue weighted by molar-refractivity contribution is 0.0527. The molecule has 1 aromatic carbocycles. The summed E-state index contributed by atoms with van der Waals surface area (Å²) in [6.07, 6.45) is 0. The Morgan fingerprint density at radius 3 is 2.61 bits per heavy atom. The molecule has 0 saturated heterocycles. The summed E-state index contributed by atoms with van der Waals surface area (Å²) in [6.45, 7) is 3.50. The van der Waals surface area contributed by atoms with Crippen LogP contribution in [-0.4, -0.2) is 24.4 Å². The summed E-state index contributed by atoms with van der Waals surface area (Å²) in [6, 6.07) is 10.5. The van der Waals surface area contributed by atoms with Crippen LogP contribution in [0.25, 0.3) is 0 Å². The molecule has 0 aliphatic rings. The van der Waals surface area contributed by atoms with Crippen molar-refractivity contribution in [2.45, 2.75) is 20.5 Å². The van der Waals surface area contributed by atoms with E-state index in [-0.39, 0.29) is 34.4 Å². The Kier molecular flexibility index (Phi) is 7.13. The van der Waals surface area contributed by atoms with E-state index >= 15 is 0 Å². The number of benzene rings is 1. The molecule has 3 rings (SSSR count). The van der Waals surface area contributed by atoms with Crippen LogP contribution < -0.4 is 15.8 Å². The highest BCUT2D eigenvalue weighted by Gasteiger charge is 2.26. The maximum absolute atomic E-state index is 12.7. The number of primary amides is 1. The molecule has 0 radical (unpaired) electrons. The van der Waals surface area contributed by atoms with Crippen molar-refractivity contribution in [2.75, 3.05) is 11.9 Å². The van der Waals surface area contributed by atoms with Gasteiger partial charge in [0.25, 0.3) is 11.8 Å². The average molecular weight is 507 g/mol. The molecular formula is C21H19BrN2O6S. The number of halogens is 1. The fourth-order valence-electron chi connectivity index (χ4n) is 2.74. The molecule has 0 unspecified atom stereocenters. The number of thiophene rings is 1. The van der Waals surface area contributed by atoms with Gasteiger partial charge in [-0.05, 0) is 59.6 Å². The monoisotopic (exact) mass is 506 g/mol. The summed E-state index contributed by atoms with van der Waals surface area (Å²) in [4.78, 5) is 36.8. The predicted octanol–water partition coefficient (Wildman–Crippen LogP) is 4.52. The molecule has 0 spiro atoms. The minimum absolute atomic E-state index is 0.0206. The number of carbonyl (C=O) groups is 3. The third kappa shape index (κ3) is 5.15. The summed E-state index contributed by atoms with van der Waals surface area (Å²) in [5.74, 6) is -0.843. The molecule has 31 heavy (non-hydrogen) atoms. The molecular weight excluding hydrogens is 488 g/mol. The summed E-state index contributed by atoms with van der Waals surface area (Å²) in [5, 5.41) is 2.77. The highest BCUT2D eigenvalue weighted by Crippen LogP contribution is 2.34. The lowest BCUT2D eigenvalue weighted by atomic mass is 10.1. The van der Waals surface area contributed by atoms with E-state index in [1.54, 1.807) is 26.0 Å². The summed E-state index contributed by atoms with van der Waals surface area (Å²) in [7, 11) is 0. The third-order valence-corrected chi connectivity index (χ3v) is 6.05. The Hall–Kier alpha value is -3.11. The number of hydrogen-bond acceptors (Lipinski definition) is 7. The quantitative estimate of drug-likeness (QED) is 0.433. The zero-order chi connectivity index (χ0) is 22.5. The van der Waals surface area contributed by atoms with Gasteiger partial charge in [-0.2, -0.15) is 0 Å². The zero-order valence-corrected chi connectivity index (χ0v) is 19.1. The van der Waals surface area contributed by atoms with Gasteiger partial charge >= 0.3 is 5.97 Å². The lowest BCUT2D eigenvalue weighted by Gasteiger charge is -2.07. The number of hydrogen-bond donors (Lipinski definition) is 2. The van der Waals surface area contributed by atoms with Gasteiger partial charge < -0.3 is 24.9 Å². The van der Waals surface area contributed by atoms with E-state index in [0.29, 0.717) is 17.1 Å². The molecule has 2 amide bonds. The van der Waals surface area contributed by atoms with Crippen LogP contribution in [-0.2, 0) is 11.3 Å². The van der Waals surface area contributed by atoms with Crippen molar-refractivity contribution in [2.24, 2.45) is 5.73 Å². The summed E-state index contributed by atoms with van der Waals surface area (Å²) >= 11 is 4.30. The van der Waals surface area contributed by atoms with Gasteiger partial charge in [-0.3, -0.25) is 9.59 Å². The van der Waals surface area contributed by atoms with E-state index in [9.17, 15) is 14.4 Å². The lowest BCUT2D eigenvalue weighted by Crippen LogP contribution is -2.14. The van der Waals surface area contributed by atoms with Crippen molar-refractivity contribution in [1.82, 2.24) is 0 Å². The number of ether oxygens (including phenoxy) is 2. The van der Waals surface area contributed by atoms with E-state index in [2.05, 4.69) is 21.2 Å². The summed E-state index contributed by atoms with van der Waals surface area (Å²) < 4.78 is 17.1. The van der Waals surface area contributed by atoms with E-state index in [1.165, 1.54) is 6.07 Å². The van der Waals surface area contributed by atoms with Crippen LogP contribution in [0.4, 0.5) is 5.00 Å². The highest BCUT2D eigenvalue weighted by molar-refractivity contribution is 9.10. The Balaban J connectivity index is 1.76. The van der Waals surface area contributed by atoms with E-state index in [1.807, 2.05) is 18.2 Å². The highest BCUT2D eigenvalue weighted by atomic mass is 79.9. The molecule has 0 aliphatic heterocycles. The van der Waals surface area contributed by atoms with E-state index in [4.69, 9.17) is 19.6 Å². The van der Waals surface area contributed by atoms with Crippen molar-refractivity contribution in [3.05, 3.63) is 68.4 Å². The second-order valence-corrected chi connectivity index (χ2v) is 8.16. The minimum Gasteiger partial charge on any atom is -0.484 e. The Labute approximate surface area is 190 Å². The molecule has 0 bridgehead atoms. The number of rotatable bonds is 8. The van der Waals surface area contributed by atoms with Gasteiger partial charge in [-0.15, -0.1) is 11.3 Å². The van der Waals surface area contributed by atoms with Gasteiger partial charge in [0.1, 0.15) is 23.1 Å². The van der Waals surface area contributed by atoms with E-state index < -0.39 is 17.8 Å². The van der Waals surface area contributed by atoms with Crippen LogP contribution in [0, 0.1) is 6.92 Å². The van der Waals surface area contributed by atoms with Crippen LogP contribution in [0.15, 0.2) is 45.3 Å². The average Bonchev–Trinajstić information content (AvgIpc) is 3.32. The Morgan fingerprint density at radius 1 is 1.19 bits per heavy atom. The molecule has 0 aliphatic carbocycles. The molecule has 0 saturated carbocycles. The second-order valence-electron chi connectivity index (χ2n) is 6.28. The number of amides is 2. The predicted molar refractivity (Wildman–Crippen MR) is 119 cm³/mol. The third-order valence-electron chi connectivity index (χ3n) is 4.17. The van der Waals surface area contributed by atoms with Gasteiger partial charge in [0.15, 0.2) is 5.76 Å². The van der Waals surface area contributed by atoms with Gasteiger partial charge in [0.05, 0.1) is 21.5 Å². The first-order valence-electron chi connectivity index (χ1n) is 9.19. The molecule has 3 N–H and O–H groups in total. The van der Waals surface area contributed by atoms with Gasteiger partial charge in [0, 0.05) is 0 Å². The number of carbonyl (C=O) groups excluding carboxylic acids is 3. The molecule has 8 nitrogen and oxygen atoms in total. The van der Waals surface area contributed by atoms with Crippen LogP contribution >= 0.6 is 27.3 Å². The number of para-hydroxylation sites is 1. The molecule has 162 valence electrons. The molecule has 0 fully saturated rings. The Morgan fingerprint density at radius 2 is 1.94 bits per heavy atom. The largest absolute Gasteiger partial charge is 0.484 e. The van der Waals surface area contributed by atoms with Gasteiger partial charge in [0.2, 0.25) is 0 Å². The normalized spacial score (nSPS) is 10.5. The second kappa shape index (κ2) is 9.80. The number of anilines is 1. The maximum atomic E-state index is 12.7. The molecule has 3 aromatic rings. The van der Waals surface area contributed by atoms with Gasteiger partial charge in [-0.25, -0.2) is 4.79 Å². The van der Waals surface area contributed by atoms with Crippen molar-refractivity contribution < 1.29 is 28.3 Å². The molecule has 2 heterocycles. The SMILES string of the molecule is CCOC(=O)c1c(NC(=O)c2ccc(COc3ccccc3Br)o2)sc(C(N)=O)c1C. The fraction of sp³-hybridized carbons (Fsp3) is 0.190. The van der Waals surface area contributed by atoms with Gasteiger partial charge in [-0.1, -0.05) is 12.1 Å². The first kappa shape index (κ1) is 22.6. The maximum Gasteiger partial charge on any atom is 0.341 e. The van der Waals surface area contributed by atoms with Crippen molar-refractivity contribution >= 4 is 50.1 Å². The number of furan rings is 1. The fourth-order valence-corrected chi connectivity index (χ4v) is 4.18. The number of nitrogens with one attached hydrogen (secondary N) is 1. The topological polar surface area (TPSA) is 121 Å². The van der Waals surface area contributed by atoms with Crippen LogP contribution in [0.1, 0.15) is 48.8 Å². The van der Waals surface area contributed by atoms with E-state index in [0.717, 1.165) is 15.8 Å². The summed E-state index contributed by atoms with van der Waals surface area (Å²) in [5.41, 5.74) is 5.83. The van der Waals surface area contributed by atoms with Crippen LogP contribution in [0.5, 0.6) is 5.75 Å². The van der Waals surface area contributed by atoms with Crippen molar-refractivity contribution in [1.29, 1.82) is 0 Å². The molecule has 10 heteroatoms. The smallest absolute Gasteiger partial charge is 0.341 e.